The maximum atomic E-state index is 12.6. The Morgan fingerprint density at radius 3 is 2.70 bits per heavy atom. The molecule has 0 spiro atoms. The Labute approximate surface area is 180 Å². The molecule has 0 aliphatic heterocycles. The number of esters is 1. The molecule has 1 atom stereocenters. The van der Waals surface area contributed by atoms with E-state index in [1.807, 2.05) is 6.07 Å². The first kappa shape index (κ1) is 21.9. The Bertz CT molecular complexity index is 963. The molecule has 0 fully saturated rings. The van der Waals surface area contributed by atoms with Gasteiger partial charge in [-0.25, -0.2) is 4.79 Å². The van der Waals surface area contributed by atoms with Gasteiger partial charge in [0.05, 0.1) is 26.4 Å². The topological polar surface area (TPSA) is 73.9 Å². The van der Waals surface area contributed by atoms with Crippen LogP contribution in [0, 0.1) is 0 Å². The van der Waals surface area contributed by atoms with Crippen molar-refractivity contribution >= 4 is 34.3 Å². The molecule has 1 aliphatic carbocycles. The predicted octanol–water partition coefficient (Wildman–Crippen LogP) is 5.03. The van der Waals surface area contributed by atoms with Crippen LogP contribution in [0.25, 0.3) is 6.08 Å². The SMILES string of the molecule is CCOC(=O)c1c(NC(=O)C=Cc2ccc(OC)c(OC)c2)sc2c1C(C)CCC2. The largest absolute Gasteiger partial charge is 0.493 e. The van der Waals surface area contributed by atoms with Gasteiger partial charge in [0.25, 0.3) is 0 Å². The average Bonchev–Trinajstić information content (AvgIpc) is 3.11. The minimum atomic E-state index is -0.372. The van der Waals surface area contributed by atoms with E-state index >= 15 is 0 Å². The Morgan fingerprint density at radius 1 is 1.23 bits per heavy atom. The van der Waals surface area contributed by atoms with E-state index in [1.54, 1.807) is 39.4 Å². The Hall–Kier alpha value is -2.80. The molecule has 1 aliphatic rings. The van der Waals surface area contributed by atoms with Crippen molar-refractivity contribution in [2.45, 2.75) is 39.0 Å². The standard InChI is InChI=1S/C23H27NO5S/c1-5-29-23(26)21-20-14(2)7-6-8-18(20)30-22(21)24-19(25)12-10-15-9-11-16(27-3)17(13-15)28-4/h9-14H,5-8H2,1-4H3,(H,24,25). The number of anilines is 1. The summed E-state index contributed by atoms with van der Waals surface area (Å²) < 4.78 is 15.8. The third-order valence-corrected chi connectivity index (χ3v) is 6.29. The van der Waals surface area contributed by atoms with Crippen molar-refractivity contribution in [3.63, 3.8) is 0 Å². The van der Waals surface area contributed by atoms with Crippen LogP contribution in [-0.4, -0.2) is 32.7 Å². The third kappa shape index (κ3) is 4.67. The fraction of sp³-hybridized carbons (Fsp3) is 0.391. The van der Waals surface area contributed by atoms with Crippen molar-refractivity contribution in [3.8, 4) is 11.5 Å². The van der Waals surface area contributed by atoms with Crippen molar-refractivity contribution in [1.29, 1.82) is 0 Å². The number of nitrogens with one attached hydrogen (secondary N) is 1. The summed E-state index contributed by atoms with van der Waals surface area (Å²) in [5.41, 5.74) is 2.34. The van der Waals surface area contributed by atoms with Gasteiger partial charge in [0, 0.05) is 11.0 Å². The third-order valence-electron chi connectivity index (χ3n) is 5.11. The molecule has 0 bridgehead atoms. The lowest BCUT2D eigenvalue weighted by molar-refractivity contribution is -0.111. The van der Waals surface area contributed by atoms with Crippen LogP contribution in [0.3, 0.4) is 0 Å². The highest BCUT2D eigenvalue weighted by Crippen LogP contribution is 2.43. The van der Waals surface area contributed by atoms with Crippen LogP contribution in [0.1, 0.15) is 59.0 Å². The van der Waals surface area contributed by atoms with Gasteiger partial charge in [0.2, 0.25) is 5.91 Å². The van der Waals surface area contributed by atoms with Crippen LogP contribution in [0.4, 0.5) is 5.00 Å². The van der Waals surface area contributed by atoms with E-state index < -0.39 is 0 Å². The molecule has 2 aromatic rings. The second-order valence-electron chi connectivity index (χ2n) is 7.09. The molecule has 0 saturated heterocycles. The Balaban J connectivity index is 1.83. The van der Waals surface area contributed by atoms with E-state index in [1.165, 1.54) is 17.4 Å². The average molecular weight is 430 g/mol. The molecule has 1 unspecified atom stereocenters. The summed E-state index contributed by atoms with van der Waals surface area (Å²) in [6.45, 7) is 4.20. The first-order valence-corrected chi connectivity index (χ1v) is 10.8. The number of hydrogen-bond acceptors (Lipinski definition) is 6. The van der Waals surface area contributed by atoms with Gasteiger partial charge in [-0.3, -0.25) is 4.79 Å². The number of rotatable bonds is 7. The molecule has 0 radical (unpaired) electrons. The van der Waals surface area contributed by atoms with E-state index in [-0.39, 0.29) is 17.8 Å². The maximum Gasteiger partial charge on any atom is 0.341 e. The van der Waals surface area contributed by atoms with Crippen LogP contribution >= 0.6 is 11.3 Å². The first-order valence-electron chi connectivity index (χ1n) is 10.0. The first-order chi connectivity index (χ1) is 14.5. The molecular weight excluding hydrogens is 402 g/mol. The number of thiophene rings is 1. The number of hydrogen-bond donors (Lipinski definition) is 1. The molecule has 6 nitrogen and oxygen atoms in total. The number of amides is 1. The molecule has 1 amide bonds. The molecule has 160 valence electrons. The number of benzene rings is 1. The molecule has 1 aromatic heterocycles. The molecule has 1 heterocycles. The minimum absolute atomic E-state index is 0.275. The van der Waals surface area contributed by atoms with Crippen LogP contribution < -0.4 is 14.8 Å². The van der Waals surface area contributed by atoms with Crippen molar-refractivity contribution in [2.24, 2.45) is 0 Å². The smallest absolute Gasteiger partial charge is 0.341 e. The summed E-state index contributed by atoms with van der Waals surface area (Å²) in [6, 6.07) is 5.41. The quantitative estimate of drug-likeness (QED) is 0.493. The van der Waals surface area contributed by atoms with Gasteiger partial charge < -0.3 is 19.5 Å². The summed E-state index contributed by atoms with van der Waals surface area (Å²) in [4.78, 5) is 26.4. The summed E-state index contributed by atoms with van der Waals surface area (Å²) >= 11 is 1.48. The highest BCUT2D eigenvalue weighted by Gasteiger charge is 2.30. The number of aryl methyl sites for hydroxylation is 1. The molecule has 1 aromatic carbocycles. The predicted molar refractivity (Wildman–Crippen MR) is 119 cm³/mol. The molecule has 3 rings (SSSR count). The fourth-order valence-corrected chi connectivity index (χ4v) is 5.04. The lowest BCUT2D eigenvalue weighted by Gasteiger charge is -2.19. The lowest BCUT2D eigenvalue weighted by atomic mass is 9.86. The van der Waals surface area contributed by atoms with Gasteiger partial charge in [-0.2, -0.15) is 0 Å². The zero-order valence-corrected chi connectivity index (χ0v) is 18.6. The zero-order valence-electron chi connectivity index (χ0n) is 17.7. The number of carbonyl (C=O) groups is 2. The number of carbonyl (C=O) groups excluding carboxylic acids is 2. The van der Waals surface area contributed by atoms with Gasteiger partial charge in [-0.1, -0.05) is 13.0 Å². The van der Waals surface area contributed by atoms with Crippen molar-refractivity contribution in [1.82, 2.24) is 0 Å². The van der Waals surface area contributed by atoms with Crippen molar-refractivity contribution in [3.05, 3.63) is 45.8 Å². The monoisotopic (exact) mass is 429 g/mol. The summed E-state index contributed by atoms with van der Waals surface area (Å²) in [6.07, 6.45) is 6.18. The Kier molecular flexibility index (Phi) is 7.15. The van der Waals surface area contributed by atoms with Crippen LogP contribution in [0.15, 0.2) is 24.3 Å². The van der Waals surface area contributed by atoms with E-state index in [0.29, 0.717) is 28.7 Å². The highest BCUT2D eigenvalue weighted by atomic mass is 32.1. The van der Waals surface area contributed by atoms with Crippen LogP contribution in [-0.2, 0) is 16.0 Å². The van der Waals surface area contributed by atoms with E-state index in [9.17, 15) is 9.59 Å². The van der Waals surface area contributed by atoms with Crippen molar-refractivity contribution < 1.29 is 23.8 Å². The van der Waals surface area contributed by atoms with Crippen LogP contribution in [0.5, 0.6) is 11.5 Å². The Morgan fingerprint density at radius 2 is 2.00 bits per heavy atom. The number of ether oxygens (including phenoxy) is 3. The van der Waals surface area contributed by atoms with E-state index in [4.69, 9.17) is 14.2 Å². The molecule has 1 N–H and O–H groups in total. The second-order valence-corrected chi connectivity index (χ2v) is 8.20. The summed E-state index contributed by atoms with van der Waals surface area (Å²) in [5, 5.41) is 3.45. The zero-order chi connectivity index (χ0) is 21.7. The number of fused-ring (bicyclic) bond motifs is 1. The molecule has 7 heteroatoms. The summed E-state index contributed by atoms with van der Waals surface area (Å²) in [5.74, 6) is 0.808. The lowest BCUT2D eigenvalue weighted by Crippen LogP contribution is -2.15. The van der Waals surface area contributed by atoms with Crippen molar-refractivity contribution in [2.75, 3.05) is 26.1 Å². The van der Waals surface area contributed by atoms with Gasteiger partial charge in [-0.05, 0) is 61.4 Å². The molecule has 0 saturated carbocycles. The normalized spacial score (nSPS) is 15.5. The van der Waals surface area contributed by atoms with Gasteiger partial charge >= 0.3 is 5.97 Å². The fourth-order valence-electron chi connectivity index (χ4n) is 3.69. The van der Waals surface area contributed by atoms with E-state index in [2.05, 4.69) is 12.2 Å². The van der Waals surface area contributed by atoms with Gasteiger partial charge in [0.15, 0.2) is 11.5 Å². The second kappa shape index (κ2) is 9.80. The maximum absolute atomic E-state index is 12.6. The van der Waals surface area contributed by atoms with Gasteiger partial charge in [-0.15, -0.1) is 11.3 Å². The molecule has 30 heavy (non-hydrogen) atoms. The van der Waals surface area contributed by atoms with Crippen LogP contribution in [0.2, 0.25) is 0 Å². The number of methoxy groups -OCH3 is 2. The highest BCUT2D eigenvalue weighted by molar-refractivity contribution is 7.17. The summed E-state index contributed by atoms with van der Waals surface area (Å²) in [7, 11) is 3.14. The van der Waals surface area contributed by atoms with E-state index in [0.717, 1.165) is 35.3 Å². The van der Waals surface area contributed by atoms with Gasteiger partial charge in [0.1, 0.15) is 5.00 Å². The minimum Gasteiger partial charge on any atom is -0.493 e. The molecular formula is C23H27NO5S.